The van der Waals surface area contributed by atoms with Gasteiger partial charge in [-0.15, -0.1) is 0 Å². The summed E-state index contributed by atoms with van der Waals surface area (Å²) in [5, 5.41) is 3.90. The topological polar surface area (TPSA) is 12.0 Å². The molecule has 2 aliphatic rings. The van der Waals surface area contributed by atoms with E-state index in [4.69, 9.17) is 0 Å². The van der Waals surface area contributed by atoms with E-state index in [9.17, 15) is 0 Å². The molecule has 0 amide bonds. The molecule has 1 N–H and O–H groups in total. The van der Waals surface area contributed by atoms with Crippen molar-refractivity contribution in [3.8, 4) is 0 Å². The number of hydrogen-bond donors (Lipinski definition) is 1. The van der Waals surface area contributed by atoms with Gasteiger partial charge < -0.3 is 5.32 Å². The van der Waals surface area contributed by atoms with Crippen LogP contribution in [-0.4, -0.2) is 12.1 Å². The summed E-state index contributed by atoms with van der Waals surface area (Å²) >= 11 is 3.57. The predicted octanol–water partition coefficient (Wildman–Crippen LogP) is 4.47. The van der Waals surface area contributed by atoms with Gasteiger partial charge in [0.2, 0.25) is 0 Å². The summed E-state index contributed by atoms with van der Waals surface area (Å²) in [5.74, 6) is 0.923. The van der Waals surface area contributed by atoms with Gasteiger partial charge in [-0.3, -0.25) is 0 Å². The molecule has 3 rings (SSSR count). The fraction of sp³-hybridized carbons (Fsp3) is 0.647. The van der Waals surface area contributed by atoms with Gasteiger partial charge in [0, 0.05) is 16.6 Å². The third-order valence-electron chi connectivity index (χ3n) is 5.00. The number of benzene rings is 1. The van der Waals surface area contributed by atoms with Crippen LogP contribution in [0.4, 0.5) is 0 Å². The molecule has 1 fully saturated rings. The van der Waals surface area contributed by atoms with E-state index in [1.807, 2.05) is 0 Å². The lowest BCUT2D eigenvalue weighted by Crippen LogP contribution is -2.43. The summed E-state index contributed by atoms with van der Waals surface area (Å²) in [6, 6.07) is 8.16. The first-order chi connectivity index (χ1) is 9.22. The van der Waals surface area contributed by atoms with Gasteiger partial charge in [0.05, 0.1) is 0 Å². The van der Waals surface area contributed by atoms with Crippen LogP contribution in [0.15, 0.2) is 22.7 Å². The van der Waals surface area contributed by atoms with Crippen molar-refractivity contribution in [3.63, 3.8) is 0 Å². The van der Waals surface area contributed by atoms with Crippen LogP contribution in [0, 0.1) is 5.92 Å². The molecule has 19 heavy (non-hydrogen) atoms. The van der Waals surface area contributed by atoms with Crippen LogP contribution in [0.25, 0.3) is 0 Å². The number of fused-ring (bicyclic) bond motifs is 1. The smallest absolute Gasteiger partial charge is 0.0178 e. The second-order valence-corrected chi connectivity index (χ2v) is 7.27. The second-order valence-electron chi connectivity index (χ2n) is 6.35. The molecule has 2 atom stereocenters. The molecule has 0 aromatic heterocycles. The third kappa shape index (κ3) is 3.22. The van der Waals surface area contributed by atoms with Crippen molar-refractivity contribution in [2.24, 2.45) is 5.92 Å². The van der Waals surface area contributed by atoms with Crippen LogP contribution in [0.5, 0.6) is 0 Å². The van der Waals surface area contributed by atoms with Crippen molar-refractivity contribution in [1.82, 2.24) is 5.32 Å². The molecule has 0 saturated heterocycles. The average molecular weight is 322 g/mol. The van der Waals surface area contributed by atoms with Gasteiger partial charge in [0.25, 0.3) is 0 Å². The predicted molar refractivity (Wildman–Crippen MR) is 84.5 cm³/mol. The van der Waals surface area contributed by atoms with Gasteiger partial charge in [-0.05, 0) is 68.2 Å². The van der Waals surface area contributed by atoms with Crippen LogP contribution >= 0.6 is 15.9 Å². The summed E-state index contributed by atoms with van der Waals surface area (Å²) in [6.07, 6.45) is 9.48. The van der Waals surface area contributed by atoms with E-state index in [2.05, 4.69) is 46.4 Å². The summed E-state index contributed by atoms with van der Waals surface area (Å²) in [5.41, 5.74) is 3.09. The normalized spacial score (nSPS) is 25.3. The summed E-state index contributed by atoms with van der Waals surface area (Å²) < 4.78 is 1.22. The number of aryl methyl sites for hydroxylation is 1. The molecule has 1 saturated carbocycles. The highest BCUT2D eigenvalue weighted by Gasteiger charge is 2.25. The van der Waals surface area contributed by atoms with Crippen molar-refractivity contribution >= 4 is 15.9 Å². The summed E-state index contributed by atoms with van der Waals surface area (Å²) in [4.78, 5) is 0. The van der Waals surface area contributed by atoms with Crippen molar-refractivity contribution in [2.45, 2.75) is 64.0 Å². The monoisotopic (exact) mass is 321 g/mol. The van der Waals surface area contributed by atoms with Crippen LogP contribution < -0.4 is 5.32 Å². The first-order valence-corrected chi connectivity index (χ1v) is 8.55. The SMILES string of the molecule is C[C@@H](NC1CCc2cc(Br)ccc2C1)C1CCCC1. The number of rotatable bonds is 3. The minimum Gasteiger partial charge on any atom is -0.311 e. The Balaban J connectivity index is 1.60. The first kappa shape index (κ1) is 13.6. The molecular formula is C17H24BrN. The molecule has 1 aromatic carbocycles. The zero-order valence-corrected chi connectivity index (χ0v) is 13.4. The van der Waals surface area contributed by atoms with E-state index < -0.39 is 0 Å². The van der Waals surface area contributed by atoms with Gasteiger partial charge >= 0.3 is 0 Å². The van der Waals surface area contributed by atoms with Crippen LogP contribution in [-0.2, 0) is 12.8 Å². The Hall–Kier alpha value is -0.340. The van der Waals surface area contributed by atoms with Gasteiger partial charge in [-0.25, -0.2) is 0 Å². The fourth-order valence-corrected chi connectivity index (χ4v) is 4.24. The Morgan fingerprint density at radius 2 is 1.95 bits per heavy atom. The Morgan fingerprint density at radius 1 is 1.16 bits per heavy atom. The molecule has 0 bridgehead atoms. The number of halogens is 1. The molecule has 0 aliphatic heterocycles. The molecule has 2 aliphatic carbocycles. The van der Waals surface area contributed by atoms with E-state index in [0.29, 0.717) is 12.1 Å². The molecule has 0 spiro atoms. The van der Waals surface area contributed by atoms with Crippen LogP contribution in [0.1, 0.15) is 50.2 Å². The van der Waals surface area contributed by atoms with E-state index in [1.54, 1.807) is 11.1 Å². The van der Waals surface area contributed by atoms with Crippen molar-refractivity contribution in [2.75, 3.05) is 0 Å². The molecule has 0 radical (unpaired) electrons. The van der Waals surface area contributed by atoms with Crippen LogP contribution in [0.2, 0.25) is 0 Å². The van der Waals surface area contributed by atoms with Gasteiger partial charge in [0.1, 0.15) is 0 Å². The van der Waals surface area contributed by atoms with Crippen molar-refractivity contribution in [1.29, 1.82) is 0 Å². The maximum atomic E-state index is 3.90. The zero-order chi connectivity index (χ0) is 13.2. The molecular weight excluding hydrogens is 298 g/mol. The number of hydrogen-bond acceptors (Lipinski definition) is 1. The van der Waals surface area contributed by atoms with Gasteiger partial charge in [0.15, 0.2) is 0 Å². The Labute approximate surface area is 125 Å². The minimum absolute atomic E-state index is 0.685. The third-order valence-corrected chi connectivity index (χ3v) is 5.50. The second kappa shape index (κ2) is 5.97. The Kier molecular flexibility index (Phi) is 4.28. The quantitative estimate of drug-likeness (QED) is 0.865. The highest BCUT2D eigenvalue weighted by Crippen LogP contribution is 2.29. The fourth-order valence-electron chi connectivity index (χ4n) is 3.83. The lowest BCUT2D eigenvalue weighted by atomic mass is 9.87. The molecule has 1 unspecified atom stereocenters. The molecule has 1 nitrogen and oxygen atoms in total. The van der Waals surface area contributed by atoms with Crippen molar-refractivity contribution in [3.05, 3.63) is 33.8 Å². The summed E-state index contributed by atoms with van der Waals surface area (Å²) in [7, 11) is 0. The maximum Gasteiger partial charge on any atom is 0.0178 e. The molecule has 104 valence electrons. The molecule has 0 heterocycles. The maximum absolute atomic E-state index is 3.90. The lowest BCUT2D eigenvalue weighted by Gasteiger charge is -2.31. The lowest BCUT2D eigenvalue weighted by molar-refractivity contribution is 0.324. The van der Waals surface area contributed by atoms with Crippen LogP contribution in [0.3, 0.4) is 0 Å². The van der Waals surface area contributed by atoms with Gasteiger partial charge in [-0.2, -0.15) is 0 Å². The van der Waals surface area contributed by atoms with E-state index >= 15 is 0 Å². The van der Waals surface area contributed by atoms with E-state index in [0.717, 1.165) is 5.92 Å². The largest absolute Gasteiger partial charge is 0.311 e. The molecule has 1 aromatic rings. The summed E-state index contributed by atoms with van der Waals surface area (Å²) in [6.45, 7) is 2.40. The Bertz CT molecular complexity index is 437. The highest BCUT2D eigenvalue weighted by molar-refractivity contribution is 9.10. The zero-order valence-electron chi connectivity index (χ0n) is 11.8. The standard InChI is InChI=1S/C17H24BrN/c1-12(13-4-2-3-5-13)19-17-9-7-14-10-16(18)8-6-15(14)11-17/h6,8,10,12-13,17,19H,2-5,7,9,11H2,1H3/t12-,17?/m1/s1. The average Bonchev–Trinajstić information content (AvgIpc) is 2.93. The Morgan fingerprint density at radius 3 is 2.74 bits per heavy atom. The van der Waals surface area contributed by atoms with E-state index in [-0.39, 0.29) is 0 Å². The van der Waals surface area contributed by atoms with Gasteiger partial charge in [-0.1, -0.05) is 34.8 Å². The van der Waals surface area contributed by atoms with Crippen molar-refractivity contribution < 1.29 is 0 Å². The van der Waals surface area contributed by atoms with E-state index in [1.165, 1.54) is 49.4 Å². The first-order valence-electron chi connectivity index (χ1n) is 7.76. The molecule has 2 heteroatoms. The highest BCUT2D eigenvalue weighted by atomic mass is 79.9. The minimum atomic E-state index is 0.685. The number of nitrogens with one attached hydrogen (secondary N) is 1.